The van der Waals surface area contributed by atoms with Crippen LogP contribution in [0.3, 0.4) is 0 Å². The third-order valence-corrected chi connectivity index (χ3v) is 4.06. The molecule has 0 bridgehead atoms. The van der Waals surface area contributed by atoms with E-state index in [1.807, 2.05) is 0 Å². The van der Waals surface area contributed by atoms with Crippen molar-refractivity contribution < 1.29 is 18.7 Å². The molecule has 2 rings (SSSR count). The number of carbonyl (C=O) groups is 2. The van der Waals surface area contributed by atoms with E-state index in [9.17, 15) is 14.0 Å². The van der Waals surface area contributed by atoms with Gasteiger partial charge in [0.25, 0.3) is 5.91 Å². The molecule has 0 aliphatic carbocycles. The van der Waals surface area contributed by atoms with Gasteiger partial charge in [-0.25, -0.2) is 9.18 Å². The van der Waals surface area contributed by atoms with Crippen molar-refractivity contribution in [1.29, 1.82) is 0 Å². The molecule has 0 aromatic heterocycles. The van der Waals surface area contributed by atoms with Crippen molar-refractivity contribution in [2.75, 3.05) is 13.2 Å². The van der Waals surface area contributed by atoms with Gasteiger partial charge in [-0.3, -0.25) is 4.79 Å². The number of hydrogen-bond donors (Lipinski definition) is 0. The molecular weight excluding hydrogens is 329 g/mol. The predicted octanol–water partition coefficient (Wildman–Crippen LogP) is 2.76. The second kappa shape index (κ2) is 6.35. The minimum Gasteiger partial charge on any atom is -0.464 e. The number of amides is 1. The molecule has 1 aliphatic heterocycles. The van der Waals surface area contributed by atoms with Crippen molar-refractivity contribution >= 4 is 27.8 Å². The molecule has 1 aliphatic rings. The fourth-order valence-corrected chi connectivity index (χ4v) is 2.75. The lowest BCUT2D eigenvalue weighted by Crippen LogP contribution is -2.41. The SMILES string of the molecule is CCOC(=O)C1CCCN1C(=O)c1cccc(F)c1Br. The van der Waals surface area contributed by atoms with Crippen LogP contribution in [0, 0.1) is 5.82 Å². The molecule has 6 heteroatoms. The topological polar surface area (TPSA) is 46.6 Å². The molecule has 1 unspecified atom stereocenters. The molecule has 1 amide bonds. The maximum absolute atomic E-state index is 13.5. The minimum absolute atomic E-state index is 0.125. The first kappa shape index (κ1) is 15.0. The van der Waals surface area contributed by atoms with Crippen LogP contribution in [0.25, 0.3) is 0 Å². The van der Waals surface area contributed by atoms with Gasteiger partial charge in [-0.05, 0) is 47.8 Å². The van der Waals surface area contributed by atoms with Gasteiger partial charge in [-0.15, -0.1) is 0 Å². The van der Waals surface area contributed by atoms with Gasteiger partial charge in [-0.1, -0.05) is 6.07 Å². The molecular formula is C14H15BrFNO3. The molecule has 108 valence electrons. The van der Waals surface area contributed by atoms with E-state index in [-0.39, 0.29) is 22.6 Å². The lowest BCUT2D eigenvalue weighted by Gasteiger charge is -2.23. The van der Waals surface area contributed by atoms with Crippen molar-refractivity contribution in [2.45, 2.75) is 25.8 Å². The van der Waals surface area contributed by atoms with E-state index in [0.29, 0.717) is 13.0 Å². The third-order valence-electron chi connectivity index (χ3n) is 3.25. The Kier molecular flexibility index (Phi) is 4.75. The highest BCUT2D eigenvalue weighted by Crippen LogP contribution is 2.26. The maximum atomic E-state index is 13.5. The first-order valence-electron chi connectivity index (χ1n) is 6.48. The summed E-state index contributed by atoms with van der Waals surface area (Å²) in [5, 5.41) is 0. The highest BCUT2D eigenvalue weighted by Gasteiger charge is 2.36. The number of carbonyl (C=O) groups excluding carboxylic acids is 2. The van der Waals surface area contributed by atoms with Crippen LogP contribution >= 0.6 is 15.9 Å². The number of ether oxygens (including phenoxy) is 1. The van der Waals surface area contributed by atoms with E-state index >= 15 is 0 Å². The first-order chi connectivity index (χ1) is 9.56. The van der Waals surface area contributed by atoms with E-state index in [1.165, 1.54) is 23.1 Å². The third kappa shape index (κ3) is 2.85. The van der Waals surface area contributed by atoms with Crippen molar-refractivity contribution in [3.63, 3.8) is 0 Å². The number of likely N-dealkylation sites (tertiary alicyclic amines) is 1. The predicted molar refractivity (Wildman–Crippen MR) is 74.8 cm³/mol. The van der Waals surface area contributed by atoms with E-state index < -0.39 is 17.8 Å². The summed E-state index contributed by atoms with van der Waals surface area (Å²) < 4.78 is 18.6. The summed E-state index contributed by atoms with van der Waals surface area (Å²) in [5.41, 5.74) is 0.223. The summed E-state index contributed by atoms with van der Waals surface area (Å²) >= 11 is 3.08. The van der Waals surface area contributed by atoms with Gasteiger partial charge in [0.15, 0.2) is 0 Å². The Hall–Kier alpha value is -1.43. The normalized spacial score (nSPS) is 18.1. The summed E-state index contributed by atoms with van der Waals surface area (Å²) in [5.74, 6) is -1.25. The van der Waals surface area contributed by atoms with Crippen LogP contribution in [-0.4, -0.2) is 36.0 Å². The van der Waals surface area contributed by atoms with Crippen LogP contribution < -0.4 is 0 Å². The quantitative estimate of drug-likeness (QED) is 0.793. The number of rotatable bonds is 3. The average molecular weight is 344 g/mol. The second-order valence-electron chi connectivity index (χ2n) is 4.51. The molecule has 1 atom stereocenters. The molecule has 0 radical (unpaired) electrons. The molecule has 4 nitrogen and oxygen atoms in total. The molecule has 1 aromatic carbocycles. The Morgan fingerprint density at radius 3 is 2.95 bits per heavy atom. The van der Waals surface area contributed by atoms with Crippen LogP contribution in [0.1, 0.15) is 30.1 Å². The van der Waals surface area contributed by atoms with Crippen LogP contribution in [0.4, 0.5) is 4.39 Å². The summed E-state index contributed by atoms with van der Waals surface area (Å²) in [4.78, 5) is 25.8. The van der Waals surface area contributed by atoms with E-state index in [0.717, 1.165) is 6.42 Å². The first-order valence-corrected chi connectivity index (χ1v) is 7.27. The zero-order valence-electron chi connectivity index (χ0n) is 11.1. The van der Waals surface area contributed by atoms with Gasteiger partial charge in [0.05, 0.1) is 16.6 Å². The second-order valence-corrected chi connectivity index (χ2v) is 5.30. The average Bonchev–Trinajstić information content (AvgIpc) is 2.91. The maximum Gasteiger partial charge on any atom is 0.328 e. The molecule has 1 fully saturated rings. The Bertz CT molecular complexity index is 535. The van der Waals surface area contributed by atoms with Gasteiger partial charge in [0, 0.05) is 6.54 Å². The largest absolute Gasteiger partial charge is 0.464 e. The standard InChI is InChI=1S/C14H15BrFNO3/c1-2-20-14(19)11-7-4-8-17(11)13(18)9-5-3-6-10(16)12(9)15/h3,5-6,11H,2,4,7-8H2,1H3. The number of nitrogens with zero attached hydrogens (tertiary/aromatic N) is 1. The fraction of sp³-hybridized carbons (Fsp3) is 0.429. The Balaban J connectivity index is 2.23. The van der Waals surface area contributed by atoms with Gasteiger partial charge in [0.1, 0.15) is 11.9 Å². The fourth-order valence-electron chi connectivity index (χ4n) is 2.32. The molecule has 0 saturated carbocycles. The van der Waals surface area contributed by atoms with Crippen molar-refractivity contribution in [2.24, 2.45) is 0 Å². The zero-order valence-corrected chi connectivity index (χ0v) is 12.7. The van der Waals surface area contributed by atoms with Crippen LogP contribution in [0.2, 0.25) is 0 Å². The molecule has 0 N–H and O–H groups in total. The van der Waals surface area contributed by atoms with Gasteiger partial charge in [-0.2, -0.15) is 0 Å². The Morgan fingerprint density at radius 1 is 1.50 bits per heavy atom. The summed E-state index contributed by atoms with van der Waals surface area (Å²) in [6.07, 6.45) is 1.32. The smallest absolute Gasteiger partial charge is 0.328 e. The molecule has 20 heavy (non-hydrogen) atoms. The Labute approximate surface area is 125 Å². The van der Waals surface area contributed by atoms with Crippen molar-refractivity contribution in [3.05, 3.63) is 34.1 Å². The summed E-state index contributed by atoms with van der Waals surface area (Å²) in [6.45, 7) is 2.48. The van der Waals surface area contributed by atoms with E-state index in [1.54, 1.807) is 6.92 Å². The van der Waals surface area contributed by atoms with Crippen LogP contribution in [-0.2, 0) is 9.53 Å². The molecule has 1 heterocycles. The number of hydrogen-bond acceptors (Lipinski definition) is 3. The zero-order chi connectivity index (χ0) is 14.7. The van der Waals surface area contributed by atoms with Crippen molar-refractivity contribution in [1.82, 2.24) is 4.90 Å². The highest BCUT2D eigenvalue weighted by molar-refractivity contribution is 9.10. The monoisotopic (exact) mass is 343 g/mol. The van der Waals surface area contributed by atoms with Gasteiger partial charge < -0.3 is 9.64 Å². The van der Waals surface area contributed by atoms with Crippen molar-refractivity contribution in [3.8, 4) is 0 Å². The number of benzene rings is 1. The lowest BCUT2D eigenvalue weighted by atomic mass is 10.1. The molecule has 0 spiro atoms. The van der Waals surface area contributed by atoms with Gasteiger partial charge >= 0.3 is 5.97 Å². The summed E-state index contributed by atoms with van der Waals surface area (Å²) in [7, 11) is 0. The molecule has 1 saturated heterocycles. The van der Waals surface area contributed by atoms with Crippen LogP contribution in [0.5, 0.6) is 0 Å². The van der Waals surface area contributed by atoms with E-state index in [2.05, 4.69) is 15.9 Å². The number of esters is 1. The number of halogens is 2. The van der Waals surface area contributed by atoms with E-state index in [4.69, 9.17) is 4.74 Å². The van der Waals surface area contributed by atoms with Crippen LogP contribution in [0.15, 0.2) is 22.7 Å². The highest BCUT2D eigenvalue weighted by atomic mass is 79.9. The minimum atomic E-state index is -0.572. The Morgan fingerprint density at radius 2 is 2.25 bits per heavy atom. The molecule has 1 aromatic rings. The lowest BCUT2D eigenvalue weighted by molar-refractivity contribution is -0.147. The van der Waals surface area contributed by atoms with Gasteiger partial charge in [0.2, 0.25) is 0 Å². The summed E-state index contributed by atoms with van der Waals surface area (Å²) in [6, 6.07) is 3.71.